The van der Waals surface area contributed by atoms with Crippen molar-refractivity contribution < 1.29 is 13.2 Å². The van der Waals surface area contributed by atoms with E-state index in [1.807, 2.05) is 0 Å². The van der Waals surface area contributed by atoms with Crippen molar-refractivity contribution in [1.29, 1.82) is 0 Å². The third-order valence-corrected chi connectivity index (χ3v) is 2.85. The van der Waals surface area contributed by atoms with Gasteiger partial charge in [-0.05, 0) is 6.42 Å². The van der Waals surface area contributed by atoms with Crippen molar-refractivity contribution >= 4 is 17.4 Å². The number of halogens is 4. The third-order valence-electron chi connectivity index (χ3n) is 2.59. The Morgan fingerprint density at radius 3 is 2.56 bits per heavy atom. The Labute approximate surface area is 95.2 Å². The zero-order chi connectivity index (χ0) is 11.8. The van der Waals surface area contributed by atoms with Gasteiger partial charge in [-0.1, -0.05) is 11.6 Å². The lowest BCUT2D eigenvalue weighted by atomic mass is 10.1. The predicted octanol–water partition coefficient (Wildman–Crippen LogP) is 2.52. The van der Waals surface area contributed by atoms with Gasteiger partial charge in [0.15, 0.2) is 11.0 Å². The van der Waals surface area contributed by atoms with E-state index in [2.05, 4.69) is 9.97 Å². The van der Waals surface area contributed by atoms with E-state index in [9.17, 15) is 13.2 Å². The fraction of sp³-hybridized carbons (Fsp3) is 0.556. The molecule has 1 aliphatic heterocycles. The number of alkyl halides is 3. The van der Waals surface area contributed by atoms with E-state index in [-0.39, 0.29) is 18.1 Å². The summed E-state index contributed by atoms with van der Waals surface area (Å²) in [5, 5.41) is 0.144. The summed E-state index contributed by atoms with van der Waals surface area (Å²) < 4.78 is 37.4. The Kier molecular flexibility index (Phi) is 2.92. The molecule has 1 atom stereocenters. The van der Waals surface area contributed by atoms with Crippen LogP contribution in [0.15, 0.2) is 12.4 Å². The van der Waals surface area contributed by atoms with E-state index in [0.29, 0.717) is 12.4 Å². The summed E-state index contributed by atoms with van der Waals surface area (Å²) >= 11 is 5.77. The van der Waals surface area contributed by atoms with Gasteiger partial charge in [0.25, 0.3) is 0 Å². The first-order chi connectivity index (χ1) is 7.48. The maximum absolute atomic E-state index is 12.5. The van der Waals surface area contributed by atoms with Crippen LogP contribution in [0.25, 0.3) is 0 Å². The molecule has 0 saturated carbocycles. The molecule has 0 bridgehead atoms. The van der Waals surface area contributed by atoms with Crippen LogP contribution < -0.4 is 4.90 Å². The van der Waals surface area contributed by atoms with Gasteiger partial charge in [0.1, 0.15) is 0 Å². The summed E-state index contributed by atoms with van der Waals surface area (Å²) in [4.78, 5) is 9.25. The summed E-state index contributed by atoms with van der Waals surface area (Å²) in [7, 11) is 0. The lowest BCUT2D eigenvalue weighted by molar-refractivity contribution is -0.168. The number of rotatable bonds is 1. The molecule has 0 N–H and O–H groups in total. The minimum Gasteiger partial charge on any atom is -0.353 e. The van der Waals surface area contributed by atoms with Crippen LogP contribution in [-0.2, 0) is 0 Å². The van der Waals surface area contributed by atoms with Crippen LogP contribution in [0, 0.1) is 5.92 Å². The van der Waals surface area contributed by atoms with Gasteiger partial charge in [-0.3, -0.25) is 0 Å². The molecule has 16 heavy (non-hydrogen) atoms. The Hall–Kier alpha value is -1.04. The van der Waals surface area contributed by atoms with Crippen LogP contribution in [0.3, 0.4) is 0 Å². The molecule has 0 aromatic carbocycles. The van der Waals surface area contributed by atoms with E-state index in [1.54, 1.807) is 0 Å². The molecule has 0 unspecified atom stereocenters. The average molecular weight is 252 g/mol. The Balaban J connectivity index is 2.13. The van der Waals surface area contributed by atoms with Gasteiger partial charge >= 0.3 is 6.18 Å². The zero-order valence-electron chi connectivity index (χ0n) is 8.21. The first kappa shape index (κ1) is 11.4. The van der Waals surface area contributed by atoms with Crippen LogP contribution in [0.4, 0.5) is 19.0 Å². The predicted molar refractivity (Wildman–Crippen MR) is 53.4 cm³/mol. The number of aromatic nitrogens is 2. The minimum atomic E-state index is -4.15. The number of hydrogen-bond acceptors (Lipinski definition) is 3. The van der Waals surface area contributed by atoms with Crippen molar-refractivity contribution in [3.8, 4) is 0 Å². The van der Waals surface area contributed by atoms with E-state index >= 15 is 0 Å². The van der Waals surface area contributed by atoms with Crippen molar-refractivity contribution in [2.75, 3.05) is 18.0 Å². The molecule has 7 heteroatoms. The minimum absolute atomic E-state index is 0.0798. The Bertz CT molecular complexity index is 383. The summed E-state index contributed by atoms with van der Waals surface area (Å²) in [6.45, 7) is 0.213. The maximum Gasteiger partial charge on any atom is 0.393 e. The molecule has 0 radical (unpaired) electrons. The summed E-state index contributed by atoms with van der Waals surface area (Å²) in [5.74, 6) is -0.971. The highest BCUT2D eigenvalue weighted by atomic mass is 35.5. The fourth-order valence-electron chi connectivity index (χ4n) is 1.75. The summed E-state index contributed by atoms with van der Waals surface area (Å²) in [6, 6.07) is 0. The first-order valence-corrected chi connectivity index (χ1v) is 5.14. The van der Waals surface area contributed by atoms with Crippen molar-refractivity contribution in [3.63, 3.8) is 0 Å². The Morgan fingerprint density at radius 2 is 2.00 bits per heavy atom. The molecular weight excluding hydrogens is 243 g/mol. The molecule has 0 aliphatic carbocycles. The second-order valence-electron chi connectivity index (χ2n) is 3.64. The van der Waals surface area contributed by atoms with Gasteiger partial charge in [0, 0.05) is 25.5 Å². The van der Waals surface area contributed by atoms with Crippen LogP contribution in [0.1, 0.15) is 6.42 Å². The van der Waals surface area contributed by atoms with Crippen LogP contribution in [0.2, 0.25) is 5.15 Å². The highest BCUT2D eigenvalue weighted by Gasteiger charge is 2.44. The molecule has 1 saturated heterocycles. The second-order valence-corrected chi connectivity index (χ2v) is 4.00. The van der Waals surface area contributed by atoms with E-state index in [1.165, 1.54) is 17.3 Å². The highest BCUT2D eigenvalue weighted by Crippen LogP contribution is 2.35. The van der Waals surface area contributed by atoms with Crippen LogP contribution in [0.5, 0.6) is 0 Å². The van der Waals surface area contributed by atoms with Crippen molar-refractivity contribution in [1.82, 2.24) is 9.97 Å². The smallest absolute Gasteiger partial charge is 0.353 e. The molecule has 2 rings (SSSR count). The van der Waals surface area contributed by atoms with Gasteiger partial charge in [0.05, 0.1) is 5.92 Å². The molecule has 1 aromatic rings. The second kappa shape index (κ2) is 4.08. The van der Waals surface area contributed by atoms with E-state index < -0.39 is 12.1 Å². The van der Waals surface area contributed by atoms with Crippen molar-refractivity contribution in [2.45, 2.75) is 12.6 Å². The summed E-state index contributed by atoms with van der Waals surface area (Å²) in [5.41, 5.74) is 0. The summed E-state index contributed by atoms with van der Waals surface area (Å²) in [6.07, 6.45) is -1.24. The number of hydrogen-bond donors (Lipinski definition) is 0. The van der Waals surface area contributed by atoms with Crippen LogP contribution >= 0.6 is 11.6 Å². The molecule has 1 aliphatic rings. The molecule has 88 valence electrons. The average Bonchev–Trinajstić information content (AvgIpc) is 2.66. The van der Waals surface area contributed by atoms with E-state index in [4.69, 9.17) is 11.6 Å². The molecule has 3 nitrogen and oxygen atoms in total. The zero-order valence-corrected chi connectivity index (χ0v) is 8.96. The lowest BCUT2D eigenvalue weighted by Gasteiger charge is -2.18. The number of anilines is 1. The molecule has 0 amide bonds. The molecule has 0 spiro atoms. The maximum atomic E-state index is 12.5. The SMILES string of the molecule is FC(F)(F)[C@H]1CCN(c2nccnc2Cl)C1. The van der Waals surface area contributed by atoms with Gasteiger partial charge in [-0.15, -0.1) is 0 Å². The van der Waals surface area contributed by atoms with Gasteiger partial charge < -0.3 is 4.90 Å². The molecular formula is C9H9ClF3N3. The normalized spacial score (nSPS) is 21.5. The standard InChI is InChI=1S/C9H9ClF3N3/c10-7-8(15-3-2-14-7)16-4-1-6(5-16)9(11,12)13/h2-3,6H,1,4-5H2/t6-/m0/s1. The van der Waals surface area contributed by atoms with Crippen molar-refractivity contribution in [2.24, 2.45) is 5.92 Å². The fourth-order valence-corrected chi connectivity index (χ4v) is 1.97. The van der Waals surface area contributed by atoms with Gasteiger partial charge in [-0.2, -0.15) is 13.2 Å². The quantitative estimate of drug-likeness (QED) is 0.768. The highest BCUT2D eigenvalue weighted by molar-refractivity contribution is 6.31. The number of nitrogens with zero attached hydrogens (tertiary/aromatic N) is 3. The Morgan fingerprint density at radius 1 is 1.31 bits per heavy atom. The van der Waals surface area contributed by atoms with Crippen molar-refractivity contribution in [3.05, 3.63) is 17.5 Å². The largest absolute Gasteiger partial charge is 0.393 e. The molecule has 1 fully saturated rings. The topological polar surface area (TPSA) is 29.0 Å². The van der Waals surface area contributed by atoms with Crippen LogP contribution in [-0.4, -0.2) is 29.2 Å². The molecule has 1 aromatic heterocycles. The van der Waals surface area contributed by atoms with Gasteiger partial charge in [0.2, 0.25) is 0 Å². The first-order valence-electron chi connectivity index (χ1n) is 4.76. The van der Waals surface area contributed by atoms with E-state index in [0.717, 1.165) is 0 Å². The monoisotopic (exact) mass is 251 g/mol. The third kappa shape index (κ3) is 2.21. The molecule has 2 heterocycles. The van der Waals surface area contributed by atoms with Gasteiger partial charge in [-0.25, -0.2) is 9.97 Å². The lowest BCUT2D eigenvalue weighted by Crippen LogP contribution is -2.28.